The van der Waals surface area contributed by atoms with Crippen LogP contribution in [-0.2, 0) is 60.6 Å². The van der Waals surface area contributed by atoms with Crippen molar-refractivity contribution >= 4 is 35.7 Å². The van der Waals surface area contributed by atoms with Crippen LogP contribution < -0.4 is 19.9 Å². The second kappa shape index (κ2) is 25.5. The Bertz CT molecular complexity index is 2190. The molecule has 5 rings (SSSR count). The molecule has 2 aliphatic rings. The monoisotopic (exact) mass is 989 g/mol. The lowest BCUT2D eigenvalue weighted by Gasteiger charge is -2.31. The molecule has 4 N–H and O–H groups in total. The minimum Gasteiger partial charge on any atom is -0.497 e. The van der Waals surface area contributed by atoms with E-state index in [1.165, 1.54) is 30.5 Å². The number of alkyl halides is 3. The lowest BCUT2D eigenvalue weighted by Crippen LogP contribution is -2.51. The number of nitrogens with one attached hydrogen (secondary N) is 2. The number of esters is 1. The number of carbonyl (C=O) groups excluding carboxylic acids is 2. The Morgan fingerprint density at radius 1 is 0.940 bits per heavy atom. The van der Waals surface area contributed by atoms with Crippen LogP contribution in [0.2, 0.25) is 0 Å². The third kappa shape index (κ3) is 17.3. The number of carboxylic acid groups (broad SMARTS) is 1. The van der Waals surface area contributed by atoms with Crippen LogP contribution in [-0.4, -0.2) is 131 Å². The van der Waals surface area contributed by atoms with Crippen molar-refractivity contribution in [3.63, 3.8) is 0 Å². The molecule has 3 aromatic carbocycles. The molecule has 1 unspecified atom stereocenters. The second-order valence-electron chi connectivity index (χ2n) is 15.9. The lowest BCUT2D eigenvalue weighted by molar-refractivity contribution is -0.192. The van der Waals surface area contributed by atoms with Crippen LogP contribution in [0, 0.1) is 11.8 Å². The largest absolute Gasteiger partial charge is 0.497 e. The summed E-state index contributed by atoms with van der Waals surface area (Å²) in [6.07, 6.45) is -8.44. The number of hydrogen-bond donors (Lipinski definition) is 4. The van der Waals surface area contributed by atoms with Gasteiger partial charge in [-0.2, -0.15) is 17.5 Å². The fourth-order valence-corrected chi connectivity index (χ4v) is 10.2. The first-order valence-electron chi connectivity index (χ1n) is 21.4. The Morgan fingerprint density at radius 2 is 1.58 bits per heavy atom. The zero-order chi connectivity index (χ0) is 49.4. The van der Waals surface area contributed by atoms with Crippen molar-refractivity contribution in [1.29, 1.82) is 0 Å². The number of carbonyl (C=O) groups is 3. The molecule has 67 heavy (non-hydrogen) atoms. The van der Waals surface area contributed by atoms with Crippen molar-refractivity contribution in [2.75, 3.05) is 52.7 Å². The number of para-hydroxylation sites is 1. The van der Waals surface area contributed by atoms with Crippen LogP contribution in [0.3, 0.4) is 0 Å². The summed E-state index contributed by atoms with van der Waals surface area (Å²) in [5.74, 6) is -2.72. The fraction of sp³-hybridized carbons (Fsp3) is 0.523. The Labute approximate surface area is 387 Å². The predicted octanol–water partition coefficient (Wildman–Crippen LogP) is 5.76. The van der Waals surface area contributed by atoms with Crippen molar-refractivity contribution in [3.05, 3.63) is 90.0 Å². The number of alkyl carbamates (subject to hydrolysis) is 1. The Kier molecular flexibility index (Phi) is 20.9. The van der Waals surface area contributed by atoms with E-state index in [1.54, 1.807) is 49.4 Å². The molecule has 0 aromatic heterocycles. The zero-order valence-electron chi connectivity index (χ0n) is 37.8. The summed E-state index contributed by atoms with van der Waals surface area (Å²) < 4.78 is 113. The summed E-state index contributed by atoms with van der Waals surface area (Å²) in [5.41, 5.74) is 1.64. The molecule has 0 saturated carbocycles. The van der Waals surface area contributed by atoms with Gasteiger partial charge in [0.05, 0.1) is 56.1 Å². The number of nitrogens with zero attached hydrogens (tertiary/aromatic N) is 1. The minimum atomic E-state index is -5.08. The SMILES string of the molecule is CCOC(=O)[C@H](C)OP(=O)(CCNCc1ccc(C[C@H](NC(=O)O[C@H]2CO[C@H]3OCC[C@H]32)[C@H](O)CN(CC(C)C)S(=O)(=O)c2ccc(OC)cc2)cc1)Oc1ccccc1.O=C(O)C(F)(F)F. The summed E-state index contributed by atoms with van der Waals surface area (Å²) in [7, 11) is -6.36. The first-order valence-corrected chi connectivity index (χ1v) is 24.6. The number of ether oxygens (including phenoxy) is 5. The van der Waals surface area contributed by atoms with Gasteiger partial charge >= 0.3 is 31.8 Å². The highest BCUT2D eigenvalue weighted by molar-refractivity contribution is 7.89. The molecule has 372 valence electrons. The number of methoxy groups -OCH3 is 1. The van der Waals surface area contributed by atoms with E-state index in [-0.39, 0.29) is 62.2 Å². The van der Waals surface area contributed by atoms with Gasteiger partial charge in [-0.05, 0) is 80.1 Å². The van der Waals surface area contributed by atoms with Gasteiger partial charge in [0, 0.05) is 26.2 Å². The zero-order valence-corrected chi connectivity index (χ0v) is 39.5. The summed E-state index contributed by atoms with van der Waals surface area (Å²) in [5, 5.41) is 24.9. The van der Waals surface area contributed by atoms with Crippen LogP contribution in [0.4, 0.5) is 18.0 Å². The van der Waals surface area contributed by atoms with Crippen molar-refractivity contribution in [2.24, 2.45) is 11.8 Å². The Hall–Kier alpha value is -4.80. The number of rotatable bonds is 23. The number of aliphatic hydroxyl groups is 1. The average Bonchev–Trinajstić information content (AvgIpc) is 3.90. The van der Waals surface area contributed by atoms with E-state index < -0.39 is 72.5 Å². The van der Waals surface area contributed by atoms with Crippen LogP contribution in [0.25, 0.3) is 0 Å². The van der Waals surface area contributed by atoms with Crippen molar-refractivity contribution in [2.45, 2.75) is 88.8 Å². The van der Waals surface area contributed by atoms with Gasteiger partial charge in [0.25, 0.3) is 0 Å². The van der Waals surface area contributed by atoms with Gasteiger partial charge < -0.3 is 49.1 Å². The molecule has 0 aliphatic carbocycles. The first kappa shape index (κ1) is 54.8. The molecule has 2 heterocycles. The highest BCUT2D eigenvalue weighted by Crippen LogP contribution is 2.49. The maximum Gasteiger partial charge on any atom is 0.490 e. The van der Waals surface area contributed by atoms with Crippen LogP contribution in [0.1, 0.15) is 45.2 Å². The number of hydrogen-bond acceptors (Lipinski definition) is 15. The molecule has 0 bridgehead atoms. The highest BCUT2D eigenvalue weighted by atomic mass is 32.2. The van der Waals surface area contributed by atoms with E-state index in [0.717, 1.165) is 11.1 Å². The number of amides is 1. The van der Waals surface area contributed by atoms with Crippen LogP contribution in [0.15, 0.2) is 83.8 Å². The minimum absolute atomic E-state index is 0.0333. The third-order valence-electron chi connectivity index (χ3n) is 10.2. The second-order valence-corrected chi connectivity index (χ2v) is 19.9. The van der Waals surface area contributed by atoms with Crippen LogP contribution >= 0.6 is 7.60 Å². The normalized spacial score (nSPS) is 19.2. The maximum atomic E-state index is 13.9. The molecular formula is C44H59F3N3O15PS. The van der Waals surface area contributed by atoms with Gasteiger partial charge in [0.15, 0.2) is 12.4 Å². The van der Waals surface area contributed by atoms with Gasteiger partial charge in [0.1, 0.15) is 17.6 Å². The summed E-state index contributed by atoms with van der Waals surface area (Å²) in [6.45, 7) is 8.19. The van der Waals surface area contributed by atoms with E-state index in [1.807, 2.05) is 38.1 Å². The molecule has 7 atom stereocenters. The van der Waals surface area contributed by atoms with Crippen molar-refractivity contribution in [3.8, 4) is 11.5 Å². The number of carboxylic acids is 1. The topological polar surface area (TPSA) is 235 Å². The molecule has 2 saturated heterocycles. The molecule has 18 nitrogen and oxygen atoms in total. The van der Waals surface area contributed by atoms with E-state index >= 15 is 0 Å². The van der Waals surface area contributed by atoms with Gasteiger partial charge in [-0.1, -0.05) is 56.3 Å². The number of aliphatic hydroxyl groups excluding tert-OH is 1. The van der Waals surface area contributed by atoms with E-state index in [4.69, 9.17) is 42.6 Å². The predicted molar refractivity (Wildman–Crippen MR) is 236 cm³/mol. The molecule has 0 radical (unpaired) electrons. The first-order chi connectivity index (χ1) is 31.6. The summed E-state index contributed by atoms with van der Waals surface area (Å²) in [4.78, 5) is 34.6. The number of aliphatic carboxylic acids is 1. The molecule has 1 amide bonds. The quantitative estimate of drug-likeness (QED) is 0.0502. The lowest BCUT2D eigenvalue weighted by atomic mass is 10.00. The maximum absolute atomic E-state index is 13.9. The van der Waals surface area contributed by atoms with Crippen molar-refractivity contribution in [1.82, 2.24) is 14.9 Å². The molecule has 3 aromatic rings. The standard InChI is InChI=1S/C42H58N3O13PS.C2HF3O2/c1-6-53-40(47)30(4)57-59(49,58-34-10-8-7-9-11-34)23-21-43-25-32-14-12-31(13-15-32)24-37(44-42(48)56-39-28-55-41-36(39)20-22-54-41)38(46)27-45(26-29(2)3)60(50,51)35-18-16-33(52-5)17-19-35;3-2(4,5)1(6)7/h7-19,29-30,36-39,41,43,46H,6,20-28H2,1-5H3,(H,44,48);(H,6,7)/t30-,36-,37-,38+,39-,41+,59?;/m0./s1. The fourth-order valence-electron chi connectivity index (χ4n) is 6.87. The van der Waals surface area contributed by atoms with Gasteiger partial charge in [0.2, 0.25) is 10.0 Å². The Balaban J connectivity index is 0.00000129. The molecule has 0 spiro atoms. The molecule has 23 heteroatoms. The number of sulfonamides is 1. The van der Waals surface area contributed by atoms with E-state index in [0.29, 0.717) is 31.1 Å². The molecule has 2 fully saturated rings. The summed E-state index contributed by atoms with van der Waals surface area (Å²) >= 11 is 0. The van der Waals surface area contributed by atoms with Crippen LogP contribution in [0.5, 0.6) is 11.5 Å². The van der Waals surface area contributed by atoms with Gasteiger partial charge in [-0.15, -0.1) is 0 Å². The number of fused-ring (bicyclic) bond motifs is 1. The summed E-state index contributed by atoms with van der Waals surface area (Å²) in [6, 6.07) is 21.1. The highest BCUT2D eigenvalue weighted by Gasteiger charge is 2.44. The van der Waals surface area contributed by atoms with Gasteiger partial charge in [-0.3, -0.25) is 4.52 Å². The number of benzene rings is 3. The van der Waals surface area contributed by atoms with E-state index in [9.17, 15) is 40.8 Å². The molecular weight excluding hydrogens is 931 g/mol. The molecule has 2 aliphatic heterocycles. The smallest absolute Gasteiger partial charge is 0.490 e. The van der Waals surface area contributed by atoms with Gasteiger partial charge in [-0.25, -0.2) is 27.4 Å². The average molecular weight is 990 g/mol. The third-order valence-corrected chi connectivity index (χ3v) is 13.9. The van der Waals surface area contributed by atoms with Crippen molar-refractivity contribution < 1.29 is 83.5 Å². The Morgan fingerprint density at radius 3 is 2.18 bits per heavy atom. The van der Waals surface area contributed by atoms with E-state index in [2.05, 4.69) is 10.6 Å². The number of halogens is 3.